The molecule has 1 aliphatic heterocycles. The first kappa shape index (κ1) is 18.7. The van der Waals surface area contributed by atoms with Gasteiger partial charge >= 0.3 is 0 Å². The topological polar surface area (TPSA) is 81.8 Å². The molecule has 0 saturated carbocycles. The van der Waals surface area contributed by atoms with Crippen LogP contribution in [0.3, 0.4) is 0 Å². The van der Waals surface area contributed by atoms with Gasteiger partial charge < -0.3 is 5.32 Å². The van der Waals surface area contributed by atoms with Crippen molar-refractivity contribution in [2.45, 2.75) is 37.9 Å². The summed E-state index contributed by atoms with van der Waals surface area (Å²) in [5.41, 5.74) is 1.28. The summed E-state index contributed by atoms with van der Waals surface area (Å²) in [5, 5.41) is 8.44. The first-order chi connectivity index (χ1) is 13.5. The van der Waals surface area contributed by atoms with E-state index < -0.39 is 0 Å². The molecule has 1 N–H and O–H groups in total. The van der Waals surface area contributed by atoms with E-state index >= 15 is 0 Å². The monoisotopic (exact) mass is 397 g/mol. The number of thioether (sulfide) groups is 1. The standard InChI is InChI=1S/C20H23N5O2S/c1-13(2)8-9-21-17(26)10-15-12-28-20-23-18-16(19(27)24(15)20)11-22-25(18)14-6-4-3-5-7-14/h3-7,11,13,15H,8-10,12H2,1-2H3,(H,21,26). The predicted octanol–water partition coefficient (Wildman–Crippen LogP) is 2.78. The highest BCUT2D eigenvalue weighted by molar-refractivity contribution is 7.99. The van der Waals surface area contributed by atoms with Crippen molar-refractivity contribution in [3.05, 3.63) is 46.9 Å². The minimum absolute atomic E-state index is 0.0222. The molecular weight excluding hydrogens is 374 g/mol. The fourth-order valence-corrected chi connectivity index (χ4v) is 4.46. The number of aromatic nitrogens is 4. The summed E-state index contributed by atoms with van der Waals surface area (Å²) in [4.78, 5) is 30.1. The number of carbonyl (C=O) groups is 1. The Kier molecular flexibility index (Phi) is 5.21. The Morgan fingerprint density at radius 3 is 2.86 bits per heavy atom. The van der Waals surface area contributed by atoms with Gasteiger partial charge in [-0.2, -0.15) is 5.10 Å². The van der Waals surface area contributed by atoms with Crippen LogP contribution in [0.5, 0.6) is 0 Å². The second-order valence-corrected chi connectivity index (χ2v) is 8.39. The summed E-state index contributed by atoms with van der Waals surface area (Å²) in [6, 6.07) is 9.45. The fraction of sp³-hybridized carbons (Fsp3) is 0.400. The number of hydrogen-bond donors (Lipinski definition) is 1. The number of para-hydroxylation sites is 1. The van der Waals surface area contributed by atoms with Crippen molar-refractivity contribution >= 4 is 28.7 Å². The zero-order valence-electron chi connectivity index (χ0n) is 16.0. The highest BCUT2D eigenvalue weighted by Gasteiger charge is 2.29. The van der Waals surface area contributed by atoms with E-state index in [0.717, 1.165) is 12.1 Å². The highest BCUT2D eigenvalue weighted by atomic mass is 32.2. The van der Waals surface area contributed by atoms with Crippen molar-refractivity contribution in [2.75, 3.05) is 12.3 Å². The van der Waals surface area contributed by atoms with Crippen LogP contribution in [0.1, 0.15) is 32.7 Å². The number of benzene rings is 1. The number of rotatable bonds is 6. The summed E-state index contributed by atoms with van der Waals surface area (Å²) in [5.74, 6) is 1.20. The molecule has 3 heterocycles. The van der Waals surface area contributed by atoms with Gasteiger partial charge in [0.15, 0.2) is 10.8 Å². The van der Waals surface area contributed by atoms with Crippen LogP contribution in [-0.4, -0.2) is 37.5 Å². The molecule has 1 amide bonds. The number of carbonyl (C=O) groups excluding carboxylic acids is 1. The van der Waals surface area contributed by atoms with E-state index in [9.17, 15) is 9.59 Å². The van der Waals surface area contributed by atoms with Crippen LogP contribution >= 0.6 is 11.8 Å². The molecule has 0 radical (unpaired) electrons. The van der Waals surface area contributed by atoms with Gasteiger partial charge in [-0.15, -0.1) is 0 Å². The second kappa shape index (κ2) is 7.79. The van der Waals surface area contributed by atoms with Crippen LogP contribution in [0.4, 0.5) is 0 Å². The molecule has 0 bridgehead atoms. The molecular formula is C20H23N5O2S. The average Bonchev–Trinajstić information content (AvgIpc) is 3.27. The number of amides is 1. The Morgan fingerprint density at radius 1 is 1.32 bits per heavy atom. The molecule has 1 aromatic carbocycles. The Bertz CT molecular complexity index is 1060. The van der Waals surface area contributed by atoms with Gasteiger partial charge in [-0.05, 0) is 24.5 Å². The average molecular weight is 398 g/mol. The van der Waals surface area contributed by atoms with Crippen LogP contribution in [-0.2, 0) is 4.79 Å². The molecule has 146 valence electrons. The van der Waals surface area contributed by atoms with Gasteiger partial charge in [0.05, 0.1) is 17.9 Å². The van der Waals surface area contributed by atoms with E-state index in [2.05, 4.69) is 24.3 Å². The molecule has 1 atom stereocenters. The maximum absolute atomic E-state index is 13.1. The van der Waals surface area contributed by atoms with E-state index in [-0.39, 0.29) is 23.9 Å². The van der Waals surface area contributed by atoms with Crippen LogP contribution in [0.15, 0.2) is 46.5 Å². The van der Waals surface area contributed by atoms with Gasteiger partial charge in [0.1, 0.15) is 5.39 Å². The lowest BCUT2D eigenvalue weighted by Crippen LogP contribution is -2.31. The molecule has 7 nitrogen and oxygen atoms in total. The summed E-state index contributed by atoms with van der Waals surface area (Å²) < 4.78 is 3.34. The summed E-state index contributed by atoms with van der Waals surface area (Å²) in [7, 11) is 0. The van der Waals surface area contributed by atoms with E-state index in [4.69, 9.17) is 4.98 Å². The third-order valence-electron chi connectivity index (χ3n) is 4.84. The zero-order chi connectivity index (χ0) is 19.7. The zero-order valence-corrected chi connectivity index (χ0v) is 16.8. The normalized spacial score (nSPS) is 15.9. The minimum atomic E-state index is -0.177. The van der Waals surface area contributed by atoms with Gasteiger partial charge in [0.25, 0.3) is 5.56 Å². The number of nitrogens with one attached hydrogen (secondary N) is 1. The maximum Gasteiger partial charge on any atom is 0.265 e. The number of nitrogens with zero attached hydrogens (tertiary/aromatic N) is 4. The Labute approximate surface area is 167 Å². The lowest BCUT2D eigenvalue weighted by molar-refractivity contribution is -0.121. The van der Waals surface area contributed by atoms with Crippen LogP contribution in [0, 0.1) is 5.92 Å². The Hall–Kier alpha value is -2.61. The Balaban J connectivity index is 1.61. The smallest absolute Gasteiger partial charge is 0.265 e. The second-order valence-electron chi connectivity index (χ2n) is 7.40. The van der Waals surface area contributed by atoms with Gasteiger partial charge in [-0.3, -0.25) is 14.2 Å². The van der Waals surface area contributed by atoms with E-state index in [0.29, 0.717) is 34.4 Å². The first-order valence-corrected chi connectivity index (χ1v) is 10.5. The summed E-state index contributed by atoms with van der Waals surface area (Å²) in [6.07, 6.45) is 2.80. The van der Waals surface area contributed by atoms with Gasteiger partial charge in [0, 0.05) is 18.7 Å². The third kappa shape index (κ3) is 3.56. The molecule has 0 spiro atoms. The van der Waals surface area contributed by atoms with Crippen molar-refractivity contribution in [1.29, 1.82) is 0 Å². The Morgan fingerprint density at radius 2 is 2.11 bits per heavy atom. The molecule has 1 aliphatic rings. The fourth-order valence-electron chi connectivity index (χ4n) is 3.33. The van der Waals surface area contributed by atoms with Gasteiger partial charge in [-0.25, -0.2) is 9.67 Å². The molecule has 3 aromatic rings. The lowest BCUT2D eigenvalue weighted by atomic mass is 10.1. The highest BCUT2D eigenvalue weighted by Crippen LogP contribution is 2.33. The van der Waals surface area contributed by atoms with E-state index in [1.54, 1.807) is 15.4 Å². The van der Waals surface area contributed by atoms with Crippen molar-refractivity contribution in [2.24, 2.45) is 5.92 Å². The summed E-state index contributed by atoms with van der Waals surface area (Å²) in [6.45, 7) is 4.92. The van der Waals surface area contributed by atoms with Crippen LogP contribution in [0.2, 0.25) is 0 Å². The minimum Gasteiger partial charge on any atom is -0.356 e. The maximum atomic E-state index is 13.1. The van der Waals surface area contributed by atoms with Crippen molar-refractivity contribution < 1.29 is 4.79 Å². The molecule has 0 aliphatic carbocycles. The molecule has 4 rings (SSSR count). The lowest BCUT2D eigenvalue weighted by Gasteiger charge is -2.14. The van der Waals surface area contributed by atoms with E-state index in [1.165, 1.54) is 11.8 Å². The number of fused-ring (bicyclic) bond motifs is 2. The quantitative estimate of drug-likeness (QED) is 0.647. The first-order valence-electron chi connectivity index (χ1n) is 9.49. The van der Waals surface area contributed by atoms with Gasteiger partial charge in [-0.1, -0.05) is 43.8 Å². The molecule has 0 saturated heterocycles. The summed E-state index contributed by atoms with van der Waals surface area (Å²) >= 11 is 1.51. The number of hydrogen-bond acceptors (Lipinski definition) is 5. The molecule has 8 heteroatoms. The predicted molar refractivity (Wildman–Crippen MR) is 110 cm³/mol. The third-order valence-corrected chi connectivity index (χ3v) is 5.93. The molecule has 0 fully saturated rings. The molecule has 2 aromatic heterocycles. The van der Waals surface area contributed by atoms with Crippen LogP contribution < -0.4 is 10.9 Å². The SMILES string of the molecule is CC(C)CCNC(=O)CC1CSc2nc3c(cnn3-c3ccccc3)c(=O)n21. The van der Waals surface area contributed by atoms with Gasteiger partial charge in [0.2, 0.25) is 5.91 Å². The van der Waals surface area contributed by atoms with E-state index in [1.807, 2.05) is 30.3 Å². The van der Waals surface area contributed by atoms with Crippen molar-refractivity contribution in [1.82, 2.24) is 24.6 Å². The molecule has 28 heavy (non-hydrogen) atoms. The molecule has 1 unspecified atom stereocenters. The van der Waals surface area contributed by atoms with Crippen molar-refractivity contribution in [3.8, 4) is 5.69 Å². The largest absolute Gasteiger partial charge is 0.356 e. The van der Waals surface area contributed by atoms with Crippen LogP contribution in [0.25, 0.3) is 16.7 Å². The van der Waals surface area contributed by atoms with Crippen molar-refractivity contribution in [3.63, 3.8) is 0 Å².